The molecule has 2 aromatic carbocycles. The normalized spacial score (nSPS) is 11.1. The second-order valence-electron chi connectivity index (χ2n) is 6.22. The fraction of sp³-hybridized carbons (Fsp3) is 0.227. The lowest BCUT2D eigenvalue weighted by Gasteiger charge is -2.18. The molecule has 0 atom stereocenters. The highest BCUT2D eigenvalue weighted by Crippen LogP contribution is 2.13. The van der Waals surface area contributed by atoms with E-state index in [0.29, 0.717) is 29.9 Å². The van der Waals surface area contributed by atoms with E-state index in [1.807, 2.05) is 44.2 Å². The number of carbonyl (C=O) groups is 1. The quantitative estimate of drug-likeness (QED) is 0.641. The number of benzene rings is 2. The monoisotopic (exact) mass is 377 g/mol. The number of para-hydroxylation sites is 1. The Morgan fingerprint density at radius 1 is 1.14 bits per heavy atom. The lowest BCUT2D eigenvalue weighted by Crippen LogP contribution is -2.30. The average Bonchev–Trinajstić information content (AvgIpc) is 2.71. The average molecular weight is 377 g/mol. The van der Waals surface area contributed by atoms with Crippen LogP contribution in [0.1, 0.15) is 25.2 Å². The summed E-state index contributed by atoms with van der Waals surface area (Å²) in [5.41, 5.74) is 1.33. The summed E-state index contributed by atoms with van der Waals surface area (Å²) in [7, 11) is 0. The minimum absolute atomic E-state index is 0.146. The molecule has 0 fully saturated rings. The van der Waals surface area contributed by atoms with Crippen molar-refractivity contribution >= 4 is 22.9 Å². The number of nitrogens with one attached hydrogen (secondary N) is 1. The zero-order chi connectivity index (χ0) is 19.9. The topological polar surface area (TPSA) is 75.3 Å². The number of ether oxygens (including phenoxy) is 1. The number of H-pyrrole nitrogens is 1. The van der Waals surface area contributed by atoms with Crippen LogP contribution in [-0.4, -0.2) is 33.9 Å². The summed E-state index contributed by atoms with van der Waals surface area (Å²) in [6, 6.07) is 14.7. The molecule has 0 saturated carbocycles. The van der Waals surface area contributed by atoms with Crippen LogP contribution in [0.2, 0.25) is 0 Å². The second-order valence-corrected chi connectivity index (χ2v) is 6.22. The predicted octanol–water partition coefficient (Wildman–Crippen LogP) is 3.38. The van der Waals surface area contributed by atoms with E-state index >= 15 is 0 Å². The Bertz CT molecular complexity index is 1040. The van der Waals surface area contributed by atoms with Crippen molar-refractivity contribution < 1.29 is 9.53 Å². The van der Waals surface area contributed by atoms with Crippen LogP contribution in [0.25, 0.3) is 17.0 Å². The second kappa shape index (κ2) is 8.99. The third-order valence-corrected chi connectivity index (χ3v) is 4.31. The van der Waals surface area contributed by atoms with Crippen LogP contribution in [0, 0.1) is 0 Å². The van der Waals surface area contributed by atoms with Crippen LogP contribution < -0.4 is 10.3 Å². The van der Waals surface area contributed by atoms with E-state index in [1.54, 1.807) is 29.2 Å². The number of carbonyl (C=O) groups excluding carboxylic acids is 1. The molecule has 0 radical (unpaired) electrons. The van der Waals surface area contributed by atoms with Crippen molar-refractivity contribution in [3.63, 3.8) is 0 Å². The summed E-state index contributed by atoms with van der Waals surface area (Å²) in [4.78, 5) is 33.6. The van der Waals surface area contributed by atoms with E-state index in [4.69, 9.17) is 4.74 Å². The summed E-state index contributed by atoms with van der Waals surface area (Å²) in [5, 5.41) is 0.538. The van der Waals surface area contributed by atoms with Crippen molar-refractivity contribution in [3.8, 4) is 5.75 Å². The van der Waals surface area contributed by atoms with E-state index in [2.05, 4.69) is 9.97 Å². The van der Waals surface area contributed by atoms with Gasteiger partial charge < -0.3 is 14.6 Å². The van der Waals surface area contributed by atoms with Gasteiger partial charge in [0, 0.05) is 12.6 Å². The summed E-state index contributed by atoms with van der Waals surface area (Å²) >= 11 is 0. The first-order valence-corrected chi connectivity index (χ1v) is 9.28. The fourth-order valence-electron chi connectivity index (χ4n) is 2.85. The standard InChI is InChI=1S/C22H23N3O3/c1-3-25(15-20-23-19-8-6-5-7-18(19)22(27)24-20)21(26)14-11-16-9-12-17(13-10-16)28-4-2/h5-14H,3-4,15H2,1-2H3,(H,23,24,27)/b14-11+. The van der Waals surface area contributed by atoms with Crippen LogP contribution in [0.5, 0.6) is 5.75 Å². The van der Waals surface area contributed by atoms with E-state index < -0.39 is 0 Å². The number of hydrogen-bond acceptors (Lipinski definition) is 4. The zero-order valence-corrected chi connectivity index (χ0v) is 16.0. The Hall–Kier alpha value is -3.41. The van der Waals surface area contributed by atoms with Gasteiger partial charge in [-0.2, -0.15) is 0 Å². The molecule has 28 heavy (non-hydrogen) atoms. The molecule has 1 N–H and O–H groups in total. The largest absolute Gasteiger partial charge is 0.494 e. The highest BCUT2D eigenvalue weighted by molar-refractivity contribution is 5.91. The maximum Gasteiger partial charge on any atom is 0.258 e. The van der Waals surface area contributed by atoms with Gasteiger partial charge in [0.15, 0.2) is 0 Å². The smallest absolute Gasteiger partial charge is 0.258 e. The third-order valence-electron chi connectivity index (χ3n) is 4.31. The third kappa shape index (κ3) is 4.65. The van der Waals surface area contributed by atoms with Gasteiger partial charge in [-0.25, -0.2) is 4.98 Å². The van der Waals surface area contributed by atoms with Gasteiger partial charge in [0.25, 0.3) is 5.56 Å². The van der Waals surface area contributed by atoms with Crippen LogP contribution in [-0.2, 0) is 11.3 Å². The molecule has 0 aliphatic heterocycles. The number of nitrogens with zero attached hydrogens (tertiary/aromatic N) is 2. The number of rotatable bonds is 7. The lowest BCUT2D eigenvalue weighted by molar-refractivity contribution is -0.126. The first kappa shape index (κ1) is 19.4. The van der Waals surface area contributed by atoms with Gasteiger partial charge in [0.2, 0.25) is 5.91 Å². The van der Waals surface area contributed by atoms with Gasteiger partial charge in [0.05, 0.1) is 24.1 Å². The highest BCUT2D eigenvalue weighted by atomic mass is 16.5. The van der Waals surface area contributed by atoms with Crippen molar-refractivity contribution in [2.24, 2.45) is 0 Å². The lowest BCUT2D eigenvalue weighted by atomic mass is 10.2. The maximum atomic E-state index is 12.6. The van der Waals surface area contributed by atoms with Gasteiger partial charge in [-0.3, -0.25) is 9.59 Å². The Kier molecular flexibility index (Phi) is 6.22. The van der Waals surface area contributed by atoms with Crippen LogP contribution in [0.3, 0.4) is 0 Å². The number of amides is 1. The number of fused-ring (bicyclic) bond motifs is 1. The molecule has 3 aromatic rings. The van der Waals surface area contributed by atoms with Crippen LogP contribution >= 0.6 is 0 Å². The first-order chi connectivity index (χ1) is 13.6. The molecule has 3 rings (SSSR count). The molecule has 0 saturated heterocycles. The molecule has 0 aliphatic carbocycles. The summed E-state index contributed by atoms with van der Waals surface area (Å²) in [6.45, 7) is 5.18. The highest BCUT2D eigenvalue weighted by Gasteiger charge is 2.12. The Labute approximate surface area is 163 Å². The predicted molar refractivity (Wildman–Crippen MR) is 110 cm³/mol. The van der Waals surface area contributed by atoms with E-state index in [0.717, 1.165) is 11.3 Å². The molecule has 144 valence electrons. The molecular weight excluding hydrogens is 354 g/mol. The number of aromatic amines is 1. The van der Waals surface area contributed by atoms with Gasteiger partial charge in [-0.1, -0.05) is 24.3 Å². The Morgan fingerprint density at radius 2 is 1.89 bits per heavy atom. The molecule has 1 heterocycles. The SMILES string of the molecule is CCOc1ccc(/C=C/C(=O)N(CC)Cc2nc3ccccc3c(=O)[nH]2)cc1. The van der Waals surface area contributed by atoms with Crippen molar-refractivity contribution in [2.45, 2.75) is 20.4 Å². The minimum atomic E-state index is -0.200. The Morgan fingerprint density at radius 3 is 2.61 bits per heavy atom. The minimum Gasteiger partial charge on any atom is -0.494 e. The van der Waals surface area contributed by atoms with E-state index in [1.165, 1.54) is 6.08 Å². The van der Waals surface area contributed by atoms with Crippen molar-refractivity contribution in [3.05, 3.63) is 76.3 Å². The van der Waals surface area contributed by atoms with E-state index in [-0.39, 0.29) is 18.0 Å². The number of hydrogen-bond donors (Lipinski definition) is 1. The van der Waals surface area contributed by atoms with E-state index in [9.17, 15) is 9.59 Å². The first-order valence-electron chi connectivity index (χ1n) is 9.28. The number of aromatic nitrogens is 2. The molecule has 0 bridgehead atoms. The van der Waals surface area contributed by atoms with Gasteiger partial charge >= 0.3 is 0 Å². The van der Waals surface area contributed by atoms with Gasteiger partial charge in [-0.05, 0) is 49.8 Å². The summed E-state index contributed by atoms with van der Waals surface area (Å²) < 4.78 is 5.41. The molecule has 1 amide bonds. The maximum absolute atomic E-state index is 12.6. The Balaban J connectivity index is 1.72. The molecule has 1 aromatic heterocycles. The number of likely N-dealkylation sites (N-methyl/N-ethyl adjacent to an activating group) is 1. The fourth-order valence-corrected chi connectivity index (χ4v) is 2.85. The van der Waals surface area contributed by atoms with Gasteiger partial charge in [0.1, 0.15) is 11.6 Å². The molecule has 6 nitrogen and oxygen atoms in total. The zero-order valence-electron chi connectivity index (χ0n) is 16.0. The van der Waals surface area contributed by atoms with Crippen LogP contribution in [0.15, 0.2) is 59.4 Å². The molecule has 0 aliphatic rings. The van der Waals surface area contributed by atoms with Crippen molar-refractivity contribution in [1.82, 2.24) is 14.9 Å². The molecular formula is C22H23N3O3. The van der Waals surface area contributed by atoms with Gasteiger partial charge in [-0.15, -0.1) is 0 Å². The molecule has 0 unspecified atom stereocenters. The molecule has 0 spiro atoms. The molecule has 6 heteroatoms. The van der Waals surface area contributed by atoms with Crippen molar-refractivity contribution in [1.29, 1.82) is 0 Å². The summed E-state index contributed by atoms with van der Waals surface area (Å²) in [5.74, 6) is 1.12. The van der Waals surface area contributed by atoms with Crippen LogP contribution in [0.4, 0.5) is 0 Å². The van der Waals surface area contributed by atoms with Crippen molar-refractivity contribution in [2.75, 3.05) is 13.2 Å². The summed E-state index contributed by atoms with van der Waals surface area (Å²) in [6.07, 6.45) is 3.29.